The molecule has 2 aromatic rings. The lowest BCUT2D eigenvalue weighted by atomic mass is 10.2. The smallest absolute Gasteiger partial charge is 0.325 e. The fourth-order valence-electron chi connectivity index (χ4n) is 2.05. The van der Waals surface area contributed by atoms with Crippen molar-refractivity contribution in [3.05, 3.63) is 30.3 Å². The van der Waals surface area contributed by atoms with E-state index >= 15 is 0 Å². The molecule has 0 saturated carbocycles. The maximum absolute atomic E-state index is 11.8. The van der Waals surface area contributed by atoms with E-state index < -0.39 is 5.97 Å². The van der Waals surface area contributed by atoms with E-state index in [1.165, 1.54) is 11.8 Å². The Bertz CT molecular complexity index is 688. The zero-order chi connectivity index (χ0) is 17.4. The molecule has 0 aliphatic heterocycles. The molecule has 0 atom stereocenters. The maximum atomic E-state index is 11.8. The summed E-state index contributed by atoms with van der Waals surface area (Å²) in [6.45, 7) is 4.59. The van der Waals surface area contributed by atoms with Gasteiger partial charge in [-0.25, -0.2) is 0 Å². The Labute approximate surface area is 144 Å². The quantitative estimate of drug-likeness (QED) is 0.578. The van der Waals surface area contributed by atoms with Crippen LogP contribution in [0.3, 0.4) is 0 Å². The zero-order valence-electron chi connectivity index (χ0n) is 13.7. The number of carbonyl (C=O) groups is 2. The van der Waals surface area contributed by atoms with Crippen molar-refractivity contribution in [3.8, 4) is 11.4 Å². The number of amides is 1. The SMILES string of the molecule is CCOC(=O)CNC(=O)CSc1nnc(-c2ccccc2)n1CC. The summed E-state index contributed by atoms with van der Waals surface area (Å²) >= 11 is 1.29. The molecule has 0 aliphatic rings. The van der Waals surface area contributed by atoms with E-state index in [1.54, 1.807) is 6.92 Å². The van der Waals surface area contributed by atoms with Crippen molar-refractivity contribution in [1.82, 2.24) is 20.1 Å². The van der Waals surface area contributed by atoms with Gasteiger partial charge in [-0.15, -0.1) is 10.2 Å². The van der Waals surface area contributed by atoms with E-state index in [0.717, 1.165) is 11.4 Å². The van der Waals surface area contributed by atoms with Crippen molar-refractivity contribution in [3.63, 3.8) is 0 Å². The Hall–Kier alpha value is -2.35. The lowest BCUT2D eigenvalue weighted by Gasteiger charge is -2.07. The number of rotatable bonds is 8. The largest absolute Gasteiger partial charge is 0.465 e. The molecule has 1 heterocycles. The second kappa shape index (κ2) is 9.07. The zero-order valence-corrected chi connectivity index (χ0v) is 14.5. The molecule has 1 aromatic heterocycles. The maximum Gasteiger partial charge on any atom is 0.325 e. The van der Waals surface area contributed by atoms with E-state index in [9.17, 15) is 9.59 Å². The van der Waals surface area contributed by atoms with Crippen LogP contribution in [0.4, 0.5) is 0 Å². The summed E-state index contributed by atoms with van der Waals surface area (Å²) in [5.74, 6) is 0.234. The Morgan fingerprint density at radius 3 is 2.62 bits per heavy atom. The van der Waals surface area contributed by atoms with Crippen molar-refractivity contribution in [2.24, 2.45) is 0 Å². The van der Waals surface area contributed by atoms with Crippen molar-refractivity contribution in [2.75, 3.05) is 18.9 Å². The summed E-state index contributed by atoms with van der Waals surface area (Å²) in [6.07, 6.45) is 0. The molecule has 7 nitrogen and oxygen atoms in total. The van der Waals surface area contributed by atoms with E-state index in [4.69, 9.17) is 4.74 Å². The van der Waals surface area contributed by atoms with Crippen LogP contribution in [-0.4, -0.2) is 45.5 Å². The molecule has 0 unspecified atom stereocenters. The number of aromatic nitrogens is 3. The second-order valence-corrected chi connectivity index (χ2v) is 5.73. The highest BCUT2D eigenvalue weighted by molar-refractivity contribution is 7.99. The van der Waals surface area contributed by atoms with Crippen molar-refractivity contribution in [2.45, 2.75) is 25.5 Å². The molecule has 8 heteroatoms. The van der Waals surface area contributed by atoms with Crippen LogP contribution in [-0.2, 0) is 20.9 Å². The average Bonchev–Trinajstić information content (AvgIpc) is 3.02. The van der Waals surface area contributed by atoms with Crippen molar-refractivity contribution < 1.29 is 14.3 Å². The summed E-state index contributed by atoms with van der Waals surface area (Å²) in [4.78, 5) is 23.0. The van der Waals surface area contributed by atoms with Gasteiger partial charge >= 0.3 is 5.97 Å². The lowest BCUT2D eigenvalue weighted by Crippen LogP contribution is -2.31. The van der Waals surface area contributed by atoms with Gasteiger partial charge in [0.25, 0.3) is 0 Å². The Morgan fingerprint density at radius 1 is 1.21 bits per heavy atom. The molecule has 2 rings (SSSR count). The van der Waals surface area contributed by atoms with Crippen LogP contribution >= 0.6 is 11.8 Å². The lowest BCUT2D eigenvalue weighted by molar-refractivity contribution is -0.143. The summed E-state index contributed by atoms with van der Waals surface area (Å²) in [7, 11) is 0. The summed E-state index contributed by atoms with van der Waals surface area (Å²) < 4.78 is 6.71. The Balaban J connectivity index is 1.95. The van der Waals surface area contributed by atoms with Gasteiger partial charge in [-0.05, 0) is 13.8 Å². The van der Waals surface area contributed by atoms with Gasteiger partial charge in [0.05, 0.1) is 12.4 Å². The predicted molar refractivity (Wildman–Crippen MR) is 91.5 cm³/mol. The van der Waals surface area contributed by atoms with Crippen LogP contribution < -0.4 is 5.32 Å². The molecule has 128 valence electrons. The molecule has 0 bridgehead atoms. The number of esters is 1. The third-order valence-corrected chi connectivity index (χ3v) is 4.10. The first-order valence-electron chi connectivity index (χ1n) is 7.69. The van der Waals surface area contributed by atoms with Gasteiger partial charge in [0.2, 0.25) is 5.91 Å². The average molecular weight is 348 g/mol. The second-order valence-electron chi connectivity index (χ2n) is 4.79. The molecule has 0 fully saturated rings. The van der Waals surface area contributed by atoms with E-state index in [-0.39, 0.29) is 18.2 Å². The molecule has 1 amide bonds. The number of carbonyl (C=O) groups excluding carboxylic acids is 2. The topological polar surface area (TPSA) is 86.1 Å². The van der Waals surface area contributed by atoms with Gasteiger partial charge in [0.1, 0.15) is 6.54 Å². The van der Waals surface area contributed by atoms with Crippen LogP contribution in [0.25, 0.3) is 11.4 Å². The molecule has 1 N–H and O–H groups in total. The first kappa shape index (κ1) is 18.0. The van der Waals surface area contributed by atoms with Crippen LogP contribution in [0.5, 0.6) is 0 Å². The summed E-state index contributed by atoms with van der Waals surface area (Å²) in [5, 5.41) is 11.6. The summed E-state index contributed by atoms with van der Waals surface area (Å²) in [6, 6.07) is 9.77. The first-order valence-corrected chi connectivity index (χ1v) is 8.68. The normalized spacial score (nSPS) is 10.4. The van der Waals surface area contributed by atoms with Crippen molar-refractivity contribution >= 4 is 23.6 Å². The minimum atomic E-state index is -0.445. The van der Waals surface area contributed by atoms with Gasteiger partial charge in [0, 0.05) is 12.1 Å². The number of hydrogen-bond acceptors (Lipinski definition) is 6. The number of thioether (sulfide) groups is 1. The molecule has 0 aliphatic carbocycles. The molecule has 0 radical (unpaired) electrons. The fraction of sp³-hybridized carbons (Fsp3) is 0.375. The highest BCUT2D eigenvalue weighted by Crippen LogP contribution is 2.23. The van der Waals surface area contributed by atoms with Crippen LogP contribution in [0.2, 0.25) is 0 Å². The van der Waals surface area contributed by atoms with Crippen LogP contribution in [0, 0.1) is 0 Å². The minimum absolute atomic E-state index is 0.122. The highest BCUT2D eigenvalue weighted by Gasteiger charge is 2.14. The minimum Gasteiger partial charge on any atom is -0.465 e. The van der Waals surface area contributed by atoms with Gasteiger partial charge in [0.15, 0.2) is 11.0 Å². The van der Waals surface area contributed by atoms with Crippen LogP contribution in [0.15, 0.2) is 35.5 Å². The third-order valence-electron chi connectivity index (χ3n) is 3.13. The Morgan fingerprint density at radius 2 is 1.96 bits per heavy atom. The number of hydrogen-bond donors (Lipinski definition) is 1. The number of benzene rings is 1. The van der Waals surface area contributed by atoms with E-state index in [1.807, 2.05) is 41.8 Å². The van der Waals surface area contributed by atoms with Gasteiger partial charge in [-0.1, -0.05) is 42.1 Å². The summed E-state index contributed by atoms with van der Waals surface area (Å²) in [5.41, 5.74) is 0.977. The standard InChI is InChI=1S/C16H20N4O3S/c1-3-20-15(12-8-6-5-7-9-12)18-19-16(20)24-11-13(21)17-10-14(22)23-4-2/h5-9H,3-4,10-11H2,1-2H3,(H,17,21). The number of nitrogens with one attached hydrogen (secondary N) is 1. The Kier molecular flexibility index (Phi) is 6.80. The van der Waals surface area contributed by atoms with Gasteiger partial charge < -0.3 is 14.6 Å². The monoisotopic (exact) mass is 348 g/mol. The van der Waals surface area contributed by atoms with E-state index in [0.29, 0.717) is 18.3 Å². The van der Waals surface area contributed by atoms with Gasteiger partial charge in [-0.2, -0.15) is 0 Å². The van der Waals surface area contributed by atoms with Gasteiger partial charge in [-0.3, -0.25) is 9.59 Å². The predicted octanol–water partition coefficient (Wildman–Crippen LogP) is 1.74. The van der Waals surface area contributed by atoms with Crippen LogP contribution in [0.1, 0.15) is 13.8 Å². The number of nitrogens with zero attached hydrogens (tertiary/aromatic N) is 3. The fourth-order valence-corrected chi connectivity index (χ4v) is 2.88. The molecular weight excluding hydrogens is 328 g/mol. The highest BCUT2D eigenvalue weighted by atomic mass is 32.2. The number of ether oxygens (including phenoxy) is 1. The molecule has 0 spiro atoms. The molecule has 1 aromatic carbocycles. The molecule has 24 heavy (non-hydrogen) atoms. The first-order chi connectivity index (χ1) is 11.7. The van der Waals surface area contributed by atoms with E-state index in [2.05, 4.69) is 15.5 Å². The third kappa shape index (κ3) is 4.82. The molecule has 0 saturated heterocycles. The van der Waals surface area contributed by atoms with Crippen molar-refractivity contribution in [1.29, 1.82) is 0 Å². The molecular formula is C16H20N4O3S.